The number of aryl methyl sites for hydroxylation is 1. The van der Waals surface area contributed by atoms with E-state index < -0.39 is 0 Å². The molecule has 2 aromatic rings. The van der Waals surface area contributed by atoms with Crippen molar-refractivity contribution < 1.29 is 0 Å². The van der Waals surface area contributed by atoms with Gasteiger partial charge in [-0.05, 0) is 25.8 Å². The van der Waals surface area contributed by atoms with Gasteiger partial charge in [-0.15, -0.1) is 11.3 Å². The minimum Gasteiger partial charge on any atom is -0.314 e. The number of hydrogen-bond acceptors (Lipinski definition) is 3. The minimum atomic E-state index is 0.821. The topological polar surface area (TPSA) is 24.9 Å². The molecule has 1 aromatic heterocycles. The van der Waals surface area contributed by atoms with E-state index in [1.165, 1.54) is 29.8 Å². The highest BCUT2D eigenvalue weighted by Crippen LogP contribution is 2.22. The summed E-state index contributed by atoms with van der Waals surface area (Å²) < 4.78 is 0. The standard InChI is InChI=1S/C15H18N2S/c1-2-5-12(6-3-1)14-11-18-15(17-14)7-4-10-16-13-8-9-13/h1-3,5-6,11,13,16H,4,7-10H2. The zero-order chi connectivity index (χ0) is 12.2. The first kappa shape index (κ1) is 11.9. The van der Waals surface area contributed by atoms with Crippen LogP contribution in [0.3, 0.4) is 0 Å². The van der Waals surface area contributed by atoms with Crippen LogP contribution < -0.4 is 5.32 Å². The molecule has 0 radical (unpaired) electrons. The molecule has 18 heavy (non-hydrogen) atoms. The van der Waals surface area contributed by atoms with Crippen LogP contribution >= 0.6 is 11.3 Å². The Balaban J connectivity index is 1.52. The maximum absolute atomic E-state index is 4.70. The van der Waals surface area contributed by atoms with Gasteiger partial charge in [0, 0.05) is 23.4 Å². The Hall–Kier alpha value is -1.19. The van der Waals surface area contributed by atoms with Crippen molar-refractivity contribution in [2.75, 3.05) is 6.54 Å². The van der Waals surface area contributed by atoms with Crippen LogP contribution in [0.4, 0.5) is 0 Å². The van der Waals surface area contributed by atoms with Crippen LogP contribution in [0.25, 0.3) is 11.3 Å². The summed E-state index contributed by atoms with van der Waals surface area (Å²) in [6, 6.07) is 11.2. The van der Waals surface area contributed by atoms with Crippen molar-refractivity contribution in [3.63, 3.8) is 0 Å². The third-order valence-electron chi connectivity index (χ3n) is 3.20. The van der Waals surface area contributed by atoms with Crippen molar-refractivity contribution in [1.29, 1.82) is 0 Å². The molecule has 1 aromatic carbocycles. The van der Waals surface area contributed by atoms with Gasteiger partial charge in [0.05, 0.1) is 10.7 Å². The summed E-state index contributed by atoms with van der Waals surface area (Å²) >= 11 is 1.78. The molecule has 0 saturated heterocycles. The van der Waals surface area contributed by atoms with Gasteiger partial charge in [0.25, 0.3) is 0 Å². The molecule has 1 fully saturated rings. The van der Waals surface area contributed by atoms with Crippen LogP contribution in [0, 0.1) is 0 Å². The second kappa shape index (κ2) is 5.63. The molecule has 94 valence electrons. The number of hydrogen-bond donors (Lipinski definition) is 1. The molecule has 1 aliphatic carbocycles. The maximum atomic E-state index is 4.70. The SMILES string of the molecule is c1ccc(-c2csc(CCCNC3CC3)n2)cc1. The second-order valence-corrected chi connectivity index (χ2v) is 5.77. The molecule has 1 aliphatic rings. The highest BCUT2D eigenvalue weighted by Gasteiger charge is 2.19. The van der Waals surface area contributed by atoms with Gasteiger partial charge in [0.1, 0.15) is 0 Å². The average Bonchev–Trinajstić information content (AvgIpc) is 3.12. The molecule has 2 nitrogen and oxygen atoms in total. The predicted octanol–water partition coefficient (Wildman–Crippen LogP) is 3.49. The van der Waals surface area contributed by atoms with Gasteiger partial charge in [-0.2, -0.15) is 0 Å². The van der Waals surface area contributed by atoms with Crippen molar-refractivity contribution in [2.45, 2.75) is 31.7 Å². The fourth-order valence-electron chi connectivity index (χ4n) is 2.00. The van der Waals surface area contributed by atoms with E-state index in [2.05, 4.69) is 35.0 Å². The number of aromatic nitrogens is 1. The van der Waals surface area contributed by atoms with Crippen LogP contribution in [-0.2, 0) is 6.42 Å². The molecule has 1 saturated carbocycles. The van der Waals surface area contributed by atoms with E-state index in [1.54, 1.807) is 11.3 Å². The zero-order valence-corrected chi connectivity index (χ0v) is 11.2. The lowest BCUT2D eigenvalue weighted by molar-refractivity contribution is 0.645. The van der Waals surface area contributed by atoms with Gasteiger partial charge in [0.2, 0.25) is 0 Å². The van der Waals surface area contributed by atoms with Crippen LogP contribution in [0.2, 0.25) is 0 Å². The number of rotatable bonds is 6. The van der Waals surface area contributed by atoms with E-state index in [0.29, 0.717) is 0 Å². The highest BCUT2D eigenvalue weighted by molar-refractivity contribution is 7.09. The van der Waals surface area contributed by atoms with Crippen LogP contribution in [-0.4, -0.2) is 17.6 Å². The number of thiazole rings is 1. The number of nitrogens with zero attached hydrogens (tertiary/aromatic N) is 1. The van der Waals surface area contributed by atoms with Crippen molar-refractivity contribution in [3.8, 4) is 11.3 Å². The molecule has 3 heteroatoms. The maximum Gasteiger partial charge on any atom is 0.0933 e. The van der Waals surface area contributed by atoms with Crippen LogP contribution in [0.1, 0.15) is 24.3 Å². The third kappa shape index (κ3) is 3.18. The third-order valence-corrected chi connectivity index (χ3v) is 4.11. The fourth-order valence-corrected chi connectivity index (χ4v) is 2.85. The molecule has 0 atom stereocenters. The summed E-state index contributed by atoms with van der Waals surface area (Å²) in [4.78, 5) is 4.70. The molecule has 0 bridgehead atoms. The van der Waals surface area contributed by atoms with Crippen molar-refractivity contribution >= 4 is 11.3 Å². The van der Waals surface area contributed by atoms with E-state index in [0.717, 1.165) is 24.7 Å². The Bertz CT molecular complexity index is 488. The van der Waals surface area contributed by atoms with Gasteiger partial charge in [-0.1, -0.05) is 30.3 Å². The number of nitrogens with one attached hydrogen (secondary N) is 1. The molecule has 0 aliphatic heterocycles. The Morgan fingerprint density at radius 2 is 2.06 bits per heavy atom. The van der Waals surface area contributed by atoms with E-state index in [-0.39, 0.29) is 0 Å². The van der Waals surface area contributed by atoms with E-state index in [4.69, 9.17) is 4.98 Å². The van der Waals surface area contributed by atoms with Crippen LogP contribution in [0.15, 0.2) is 35.7 Å². The first-order valence-corrected chi connectivity index (χ1v) is 7.53. The van der Waals surface area contributed by atoms with Gasteiger partial charge in [0.15, 0.2) is 0 Å². The van der Waals surface area contributed by atoms with Crippen molar-refractivity contribution in [2.24, 2.45) is 0 Å². The summed E-state index contributed by atoms with van der Waals surface area (Å²) in [5, 5.41) is 6.96. The van der Waals surface area contributed by atoms with Crippen molar-refractivity contribution in [3.05, 3.63) is 40.7 Å². The van der Waals surface area contributed by atoms with Crippen molar-refractivity contribution in [1.82, 2.24) is 10.3 Å². The van der Waals surface area contributed by atoms with Crippen LogP contribution in [0.5, 0.6) is 0 Å². The summed E-state index contributed by atoms with van der Waals surface area (Å²) in [7, 11) is 0. The van der Waals surface area contributed by atoms with E-state index in [9.17, 15) is 0 Å². The zero-order valence-electron chi connectivity index (χ0n) is 10.4. The second-order valence-electron chi connectivity index (χ2n) is 4.82. The number of benzene rings is 1. The molecule has 0 amide bonds. The van der Waals surface area contributed by atoms with E-state index in [1.807, 2.05) is 6.07 Å². The van der Waals surface area contributed by atoms with Gasteiger partial charge in [-0.3, -0.25) is 0 Å². The fraction of sp³-hybridized carbons (Fsp3) is 0.400. The quantitative estimate of drug-likeness (QED) is 0.802. The first-order chi connectivity index (χ1) is 8.92. The van der Waals surface area contributed by atoms with Gasteiger partial charge in [-0.25, -0.2) is 4.98 Å². The lowest BCUT2D eigenvalue weighted by Crippen LogP contribution is -2.17. The molecule has 3 rings (SSSR count). The Morgan fingerprint density at radius 3 is 2.83 bits per heavy atom. The molecule has 0 unspecified atom stereocenters. The lowest BCUT2D eigenvalue weighted by Gasteiger charge is -2.00. The normalized spacial score (nSPS) is 14.9. The summed E-state index contributed by atoms with van der Waals surface area (Å²) in [6.07, 6.45) is 5.03. The predicted molar refractivity (Wildman–Crippen MR) is 76.9 cm³/mol. The molecule has 1 N–H and O–H groups in total. The molecule has 1 heterocycles. The molecule has 0 spiro atoms. The summed E-state index contributed by atoms with van der Waals surface area (Å²) in [5.74, 6) is 0. The molecular formula is C15H18N2S. The Morgan fingerprint density at radius 1 is 1.22 bits per heavy atom. The summed E-state index contributed by atoms with van der Waals surface area (Å²) in [5.41, 5.74) is 2.34. The monoisotopic (exact) mass is 258 g/mol. The smallest absolute Gasteiger partial charge is 0.0933 e. The average molecular weight is 258 g/mol. The lowest BCUT2D eigenvalue weighted by atomic mass is 10.2. The van der Waals surface area contributed by atoms with Gasteiger partial charge < -0.3 is 5.32 Å². The highest BCUT2D eigenvalue weighted by atomic mass is 32.1. The summed E-state index contributed by atoms with van der Waals surface area (Å²) in [6.45, 7) is 1.13. The Labute approximate surface area is 112 Å². The minimum absolute atomic E-state index is 0.821. The first-order valence-electron chi connectivity index (χ1n) is 6.65. The van der Waals surface area contributed by atoms with E-state index >= 15 is 0 Å². The van der Waals surface area contributed by atoms with Gasteiger partial charge >= 0.3 is 0 Å². The molecular weight excluding hydrogens is 240 g/mol. The Kier molecular flexibility index (Phi) is 3.72. The largest absolute Gasteiger partial charge is 0.314 e.